The molecule has 0 bridgehead atoms. The quantitative estimate of drug-likeness (QED) is 0.540. The van der Waals surface area contributed by atoms with Gasteiger partial charge in [0.05, 0.1) is 5.60 Å². The minimum atomic E-state index is -0.562. The van der Waals surface area contributed by atoms with Gasteiger partial charge in [-0.3, -0.25) is 4.79 Å². The lowest BCUT2D eigenvalue weighted by Gasteiger charge is -2.35. The van der Waals surface area contributed by atoms with Crippen molar-refractivity contribution in [2.45, 2.75) is 79.9 Å². The molecule has 0 radical (unpaired) electrons. The molecule has 0 amide bonds. The van der Waals surface area contributed by atoms with Gasteiger partial charge in [0, 0.05) is 0 Å². The third kappa shape index (κ3) is 4.64. The van der Waals surface area contributed by atoms with Crippen LogP contribution in [0.25, 0.3) is 16.3 Å². The molecular weight excluding hydrogens is 356 g/mol. The molecule has 3 rings (SSSR count). The third-order valence-corrected chi connectivity index (χ3v) is 5.99. The SMILES string of the molecule is CC(=O)[C@@H](OC(C)(C)C)c1c(C)cc2ccccc2c1C1=CC(C)(C)CCC1C. The molecule has 156 valence electrons. The zero-order chi connectivity index (χ0) is 21.6. The van der Waals surface area contributed by atoms with E-state index < -0.39 is 11.7 Å². The number of carbonyl (C=O) groups excluding carboxylic acids is 1. The number of aryl methyl sites for hydroxylation is 1. The lowest BCUT2D eigenvalue weighted by molar-refractivity contribution is -0.138. The van der Waals surface area contributed by atoms with Gasteiger partial charge in [-0.25, -0.2) is 0 Å². The van der Waals surface area contributed by atoms with E-state index in [9.17, 15) is 4.79 Å². The topological polar surface area (TPSA) is 26.3 Å². The fraction of sp³-hybridized carbons (Fsp3) is 0.519. The molecule has 0 saturated carbocycles. The number of allylic oxidation sites excluding steroid dienone is 2. The van der Waals surface area contributed by atoms with Gasteiger partial charge in [-0.1, -0.05) is 57.2 Å². The van der Waals surface area contributed by atoms with Gasteiger partial charge >= 0.3 is 0 Å². The van der Waals surface area contributed by atoms with E-state index in [1.54, 1.807) is 6.92 Å². The molecule has 0 aromatic heterocycles. The Balaban J connectivity index is 2.39. The molecule has 29 heavy (non-hydrogen) atoms. The maximum atomic E-state index is 12.8. The van der Waals surface area contributed by atoms with Crippen molar-refractivity contribution >= 4 is 22.1 Å². The molecule has 2 heteroatoms. The lowest BCUT2D eigenvalue weighted by atomic mass is 9.71. The Morgan fingerprint density at radius 3 is 2.48 bits per heavy atom. The monoisotopic (exact) mass is 392 g/mol. The van der Waals surface area contributed by atoms with Crippen LogP contribution in [0.4, 0.5) is 0 Å². The second kappa shape index (κ2) is 7.72. The van der Waals surface area contributed by atoms with Crippen molar-refractivity contribution in [1.82, 2.24) is 0 Å². The summed E-state index contributed by atoms with van der Waals surface area (Å²) < 4.78 is 6.36. The molecule has 1 aliphatic carbocycles. The maximum absolute atomic E-state index is 12.8. The molecule has 2 nitrogen and oxygen atoms in total. The van der Waals surface area contributed by atoms with E-state index in [1.165, 1.54) is 28.3 Å². The van der Waals surface area contributed by atoms with Gasteiger partial charge in [-0.05, 0) is 91.8 Å². The first-order valence-corrected chi connectivity index (χ1v) is 10.8. The van der Waals surface area contributed by atoms with Crippen LogP contribution in [0.2, 0.25) is 0 Å². The van der Waals surface area contributed by atoms with Crippen LogP contribution in [0.15, 0.2) is 36.4 Å². The van der Waals surface area contributed by atoms with E-state index in [4.69, 9.17) is 4.74 Å². The largest absolute Gasteiger partial charge is 0.360 e. The summed E-state index contributed by atoms with van der Waals surface area (Å²) in [7, 11) is 0. The van der Waals surface area contributed by atoms with Crippen molar-refractivity contribution in [2.75, 3.05) is 0 Å². The van der Waals surface area contributed by atoms with Crippen molar-refractivity contribution in [3.63, 3.8) is 0 Å². The molecule has 0 fully saturated rings. The molecule has 0 heterocycles. The summed E-state index contributed by atoms with van der Waals surface area (Å²) in [5.41, 5.74) is 4.49. The minimum Gasteiger partial charge on any atom is -0.360 e. The number of Topliss-reactive ketones (excluding diaryl/α,β-unsaturated/α-hetero) is 1. The van der Waals surface area contributed by atoms with Crippen molar-refractivity contribution in [2.24, 2.45) is 11.3 Å². The molecule has 1 aliphatic rings. The highest BCUT2D eigenvalue weighted by atomic mass is 16.5. The summed E-state index contributed by atoms with van der Waals surface area (Å²) in [5, 5.41) is 2.44. The Hall–Kier alpha value is -1.93. The highest BCUT2D eigenvalue weighted by molar-refractivity contribution is 5.99. The van der Waals surface area contributed by atoms with Crippen LogP contribution in [0.3, 0.4) is 0 Å². The third-order valence-electron chi connectivity index (χ3n) is 5.99. The summed E-state index contributed by atoms with van der Waals surface area (Å²) in [4.78, 5) is 12.8. The first-order chi connectivity index (χ1) is 13.4. The number of ketones is 1. The van der Waals surface area contributed by atoms with Crippen LogP contribution in [-0.4, -0.2) is 11.4 Å². The van der Waals surface area contributed by atoms with Gasteiger partial charge in [0.15, 0.2) is 5.78 Å². The molecule has 0 N–H and O–H groups in total. The van der Waals surface area contributed by atoms with Crippen LogP contribution in [0, 0.1) is 18.3 Å². The number of hydrogen-bond acceptors (Lipinski definition) is 2. The molecule has 0 spiro atoms. The number of benzene rings is 2. The number of rotatable bonds is 4. The molecular formula is C27H36O2. The number of hydrogen-bond donors (Lipinski definition) is 0. The molecule has 0 aliphatic heterocycles. The summed E-state index contributed by atoms with van der Waals surface area (Å²) in [6.45, 7) is 16.8. The first kappa shape index (κ1) is 21.8. The summed E-state index contributed by atoms with van der Waals surface area (Å²) >= 11 is 0. The van der Waals surface area contributed by atoms with E-state index in [2.05, 4.69) is 64.1 Å². The number of fused-ring (bicyclic) bond motifs is 1. The van der Waals surface area contributed by atoms with E-state index in [0.29, 0.717) is 5.92 Å². The van der Waals surface area contributed by atoms with Crippen LogP contribution >= 0.6 is 0 Å². The van der Waals surface area contributed by atoms with Crippen LogP contribution in [-0.2, 0) is 9.53 Å². The lowest BCUT2D eigenvalue weighted by Crippen LogP contribution is -2.28. The Bertz CT molecular complexity index is 956. The Morgan fingerprint density at radius 2 is 1.86 bits per heavy atom. The zero-order valence-electron chi connectivity index (χ0n) is 19.3. The van der Waals surface area contributed by atoms with Gasteiger partial charge in [0.1, 0.15) is 6.10 Å². The van der Waals surface area contributed by atoms with Crippen molar-refractivity contribution < 1.29 is 9.53 Å². The normalized spacial score (nSPS) is 20.4. The highest BCUT2D eigenvalue weighted by Gasteiger charge is 2.33. The van der Waals surface area contributed by atoms with Gasteiger partial charge in [-0.2, -0.15) is 0 Å². The van der Waals surface area contributed by atoms with E-state index in [1.807, 2.05) is 20.8 Å². The smallest absolute Gasteiger partial charge is 0.163 e. The fourth-order valence-electron chi connectivity index (χ4n) is 4.55. The average Bonchev–Trinajstić information content (AvgIpc) is 2.60. The predicted octanol–water partition coefficient (Wildman–Crippen LogP) is 7.43. The van der Waals surface area contributed by atoms with Gasteiger partial charge in [0.2, 0.25) is 0 Å². The summed E-state index contributed by atoms with van der Waals surface area (Å²) in [6.07, 6.45) is 4.23. The van der Waals surface area contributed by atoms with Gasteiger partial charge < -0.3 is 4.74 Å². The van der Waals surface area contributed by atoms with E-state index in [0.717, 1.165) is 17.5 Å². The minimum absolute atomic E-state index is 0.0582. The molecule has 2 aromatic rings. The zero-order valence-corrected chi connectivity index (χ0v) is 19.3. The molecule has 0 saturated heterocycles. The van der Waals surface area contributed by atoms with Crippen molar-refractivity contribution in [3.05, 3.63) is 53.1 Å². The average molecular weight is 393 g/mol. The van der Waals surface area contributed by atoms with E-state index in [-0.39, 0.29) is 11.2 Å². The van der Waals surface area contributed by atoms with Gasteiger partial charge in [0.25, 0.3) is 0 Å². The first-order valence-electron chi connectivity index (χ1n) is 10.8. The molecule has 2 atom stereocenters. The fourth-order valence-corrected chi connectivity index (χ4v) is 4.55. The molecule has 1 unspecified atom stereocenters. The second-order valence-corrected chi connectivity index (χ2v) is 10.5. The highest BCUT2D eigenvalue weighted by Crippen LogP contribution is 2.46. The second-order valence-electron chi connectivity index (χ2n) is 10.5. The standard InChI is InChI=1S/C27H36O2/c1-17-13-14-27(7,8)16-22(17)24-21-12-10-9-11-20(21)15-18(2)23(24)25(19(3)28)29-26(4,5)6/h9-12,15-17,25H,13-14H2,1-8H3/t17?,25-/m1/s1. The van der Waals surface area contributed by atoms with Gasteiger partial charge in [-0.15, -0.1) is 0 Å². The predicted molar refractivity (Wildman–Crippen MR) is 123 cm³/mol. The van der Waals surface area contributed by atoms with Crippen LogP contribution in [0.5, 0.6) is 0 Å². The Kier molecular flexibility index (Phi) is 5.80. The van der Waals surface area contributed by atoms with Crippen molar-refractivity contribution in [3.8, 4) is 0 Å². The van der Waals surface area contributed by atoms with E-state index >= 15 is 0 Å². The Morgan fingerprint density at radius 1 is 1.21 bits per heavy atom. The Labute approximate surface area is 176 Å². The van der Waals surface area contributed by atoms with Crippen molar-refractivity contribution in [1.29, 1.82) is 0 Å². The summed E-state index contributed by atoms with van der Waals surface area (Å²) in [6, 6.07) is 10.7. The maximum Gasteiger partial charge on any atom is 0.163 e. The van der Waals surface area contributed by atoms with Crippen LogP contribution in [0.1, 0.15) is 84.1 Å². The summed E-state index contributed by atoms with van der Waals surface area (Å²) in [5.74, 6) is 0.511. The number of carbonyl (C=O) groups is 1. The molecule has 2 aromatic carbocycles. The number of ether oxygens (including phenoxy) is 1. The van der Waals surface area contributed by atoms with Crippen LogP contribution < -0.4 is 0 Å².